The van der Waals surface area contributed by atoms with Crippen LogP contribution in [0.4, 0.5) is 11.4 Å². The number of ketones is 1. The van der Waals surface area contributed by atoms with E-state index in [1.165, 1.54) is 30.6 Å². The number of aromatic nitrogens is 1. The molecule has 3 aromatic rings. The van der Waals surface area contributed by atoms with E-state index in [4.69, 9.17) is 27.9 Å². The Bertz CT molecular complexity index is 1350. The molecule has 1 unspecified atom stereocenters. The number of aliphatic hydroxyl groups excluding tert-OH is 1. The molecule has 1 aromatic heterocycles. The first-order chi connectivity index (χ1) is 17.9. The standard InChI is InChI=1S/C28H25Cl2N3O4/c1-37-27-20(29)15-17(16-21(27)30)25(34)23-24(22-7-3-4-12-31-22)33(28(36)26(23)35)19-10-8-18(9-11-19)32-13-5-2-6-14-32/h3-4,7-12,15-16,24,34H,2,5-6,13-14H2,1H3/b25-23+. The van der Waals surface area contributed by atoms with Gasteiger partial charge in [0.2, 0.25) is 0 Å². The lowest BCUT2D eigenvalue weighted by Gasteiger charge is -2.30. The second-order valence-electron chi connectivity index (χ2n) is 8.96. The van der Waals surface area contributed by atoms with Gasteiger partial charge in [0.05, 0.1) is 28.4 Å². The van der Waals surface area contributed by atoms with E-state index in [0.717, 1.165) is 31.6 Å². The summed E-state index contributed by atoms with van der Waals surface area (Å²) < 4.78 is 5.19. The van der Waals surface area contributed by atoms with Gasteiger partial charge in [-0.15, -0.1) is 0 Å². The summed E-state index contributed by atoms with van der Waals surface area (Å²) in [6.45, 7) is 1.98. The molecule has 0 spiro atoms. The third kappa shape index (κ3) is 4.65. The Kier molecular flexibility index (Phi) is 7.09. The number of carbonyl (C=O) groups is 2. The van der Waals surface area contributed by atoms with Gasteiger partial charge in [-0.25, -0.2) is 0 Å². The van der Waals surface area contributed by atoms with Gasteiger partial charge in [-0.3, -0.25) is 19.5 Å². The van der Waals surface area contributed by atoms with Crippen LogP contribution in [0.2, 0.25) is 10.0 Å². The van der Waals surface area contributed by atoms with Crippen LogP contribution >= 0.6 is 23.2 Å². The minimum Gasteiger partial charge on any atom is -0.507 e. The molecule has 2 aliphatic rings. The van der Waals surface area contributed by atoms with Gasteiger partial charge in [0, 0.05) is 36.2 Å². The number of nitrogens with zero attached hydrogens (tertiary/aromatic N) is 3. The Balaban J connectivity index is 1.61. The molecule has 3 heterocycles. The van der Waals surface area contributed by atoms with Gasteiger partial charge in [0.25, 0.3) is 11.7 Å². The monoisotopic (exact) mass is 537 g/mol. The summed E-state index contributed by atoms with van der Waals surface area (Å²) in [7, 11) is 1.43. The number of piperidine rings is 1. The molecule has 2 aliphatic heterocycles. The van der Waals surface area contributed by atoms with Gasteiger partial charge >= 0.3 is 0 Å². The van der Waals surface area contributed by atoms with E-state index >= 15 is 0 Å². The fourth-order valence-corrected chi connectivity index (χ4v) is 5.58. The van der Waals surface area contributed by atoms with Crippen LogP contribution in [0.1, 0.15) is 36.6 Å². The molecule has 2 fully saturated rings. The van der Waals surface area contributed by atoms with E-state index in [0.29, 0.717) is 11.4 Å². The first-order valence-corrected chi connectivity index (χ1v) is 12.8. The van der Waals surface area contributed by atoms with Crippen molar-refractivity contribution >= 4 is 52.0 Å². The molecule has 1 atom stereocenters. The van der Waals surface area contributed by atoms with E-state index in [1.807, 2.05) is 24.3 Å². The zero-order chi connectivity index (χ0) is 26.1. The van der Waals surface area contributed by atoms with Crippen molar-refractivity contribution in [2.45, 2.75) is 25.3 Å². The van der Waals surface area contributed by atoms with Crippen LogP contribution in [0.25, 0.3) is 5.76 Å². The van der Waals surface area contributed by atoms with Crippen LogP contribution in [0.3, 0.4) is 0 Å². The third-order valence-corrected chi connectivity index (χ3v) is 7.30. The first kappa shape index (κ1) is 25.1. The van der Waals surface area contributed by atoms with Crippen LogP contribution in [-0.4, -0.2) is 42.0 Å². The molecule has 1 amide bonds. The molecular weight excluding hydrogens is 513 g/mol. The molecule has 0 aliphatic carbocycles. The Morgan fingerprint density at radius 3 is 2.22 bits per heavy atom. The number of benzene rings is 2. The Morgan fingerprint density at radius 2 is 1.62 bits per heavy atom. The van der Waals surface area contributed by atoms with Crippen LogP contribution in [0.15, 0.2) is 66.4 Å². The van der Waals surface area contributed by atoms with Crippen molar-refractivity contribution in [1.29, 1.82) is 0 Å². The highest BCUT2D eigenvalue weighted by Gasteiger charge is 2.47. The van der Waals surface area contributed by atoms with Gasteiger partial charge in [-0.1, -0.05) is 29.3 Å². The van der Waals surface area contributed by atoms with Gasteiger partial charge in [0.15, 0.2) is 5.75 Å². The van der Waals surface area contributed by atoms with E-state index in [9.17, 15) is 14.7 Å². The van der Waals surface area contributed by atoms with E-state index < -0.39 is 23.5 Å². The van der Waals surface area contributed by atoms with Gasteiger partial charge in [-0.05, 0) is 67.8 Å². The molecule has 7 nitrogen and oxygen atoms in total. The van der Waals surface area contributed by atoms with Gasteiger partial charge < -0.3 is 14.7 Å². The van der Waals surface area contributed by atoms with Crippen LogP contribution in [-0.2, 0) is 9.59 Å². The maximum absolute atomic E-state index is 13.4. The third-order valence-electron chi connectivity index (χ3n) is 6.74. The summed E-state index contributed by atoms with van der Waals surface area (Å²) in [5.74, 6) is -1.73. The number of hydrogen-bond donors (Lipinski definition) is 1. The lowest BCUT2D eigenvalue weighted by molar-refractivity contribution is -0.132. The Labute approximate surface area is 224 Å². The minimum atomic E-state index is -0.943. The zero-order valence-electron chi connectivity index (χ0n) is 20.2. The number of hydrogen-bond acceptors (Lipinski definition) is 6. The second-order valence-corrected chi connectivity index (χ2v) is 9.78. The number of aliphatic hydroxyl groups is 1. The summed E-state index contributed by atoms with van der Waals surface area (Å²) in [4.78, 5) is 34.8. The molecule has 2 saturated heterocycles. The molecule has 9 heteroatoms. The largest absolute Gasteiger partial charge is 0.507 e. The number of amides is 1. The number of halogens is 2. The Hall–Kier alpha value is -3.55. The van der Waals surface area contributed by atoms with Crippen molar-refractivity contribution in [3.63, 3.8) is 0 Å². The maximum atomic E-state index is 13.4. The van der Waals surface area contributed by atoms with Crippen LogP contribution < -0.4 is 14.5 Å². The van der Waals surface area contributed by atoms with Gasteiger partial charge in [-0.2, -0.15) is 0 Å². The van der Waals surface area contributed by atoms with Crippen molar-refractivity contribution < 1.29 is 19.4 Å². The fourth-order valence-electron chi connectivity index (χ4n) is 4.94. The second kappa shape index (κ2) is 10.4. The summed E-state index contributed by atoms with van der Waals surface area (Å²) >= 11 is 12.6. The molecule has 0 saturated carbocycles. The van der Waals surface area contributed by atoms with E-state index in [2.05, 4.69) is 9.88 Å². The summed E-state index contributed by atoms with van der Waals surface area (Å²) in [5.41, 5.74) is 2.13. The number of anilines is 2. The lowest BCUT2D eigenvalue weighted by atomic mass is 9.98. The zero-order valence-corrected chi connectivity index (χ0v) is 21.7. The van der Waals surface area contributed by atoms with Crippen LogP contribution in [0, 0.1) is 0 Å². The summed E-state index contributed by atoms with van der Waals surface area (Å²) in [6.07, 6.45) is 5.11. The lowest BCUT2D eigenvalue weighted by Crippen LogP contribution is -2.31. The topological polar surface area (TPSA) is 83.0 Å². The molecule has 190 valence electrons. The predicted octanol–water partition coefficient (Wildman–Crippen LogP) is 6.01. The van der Waals surface area contributed by atoms with E-state index in [-0.39, 0.29) is 26.9 Å². The average molecular weight is 538 g/mol. The molecular formula is C28H25Cl2N3O4. The van der Waals surface area contributed by atoms with Crippen LogP contribution in [0.5, 0.6) is 5.75 Å². The van der Waals surface area contributed by atoms with Crippen molar-refractivity contribution in [3.8, 4) is 5.75 Å². The highest BCUT2D eigenvalue weighted by molar-refractivity contribution is 6.51. The highest BCUT2D eigenvalue weighted by Crippen LogP contribution is 2.43. The number of rotatable bonds is 5. The van der Waals surface area contributed by atoms with Crippen molar-refractivity contribution in [2.24, 2.45) is 0 Å². The maximum Gasteiger partial charge on any atom is 0.300 e. The number of carbonyl (C=O) groups excluding carboxylic acids is 2. The fraction of sp³-hybridized carbons (Fsp3) is 0.250. The predicted molar refractivity (Wildman–Crippen MR) is 145 cm³/mol. The number of pyridine rings is 1. The number of Topliss-reactive ketones (excluding diaryl/α,β-unsaturated/α-hetero) is 1. The number of methoxy groups -OCH3 is 1. The van der Waals surface area contributed by atoms with Crippen molar-refractivity contribution in [3.05, 3.63) is 87.7 Å². The quantitative estimate of drug-likeness (QED) is 0.243. The minimum absolute atomic E-state index is 0.0962. The SMILES string of the molecule is COc1c(Cl)cc(/C(O)=C2\C(=O)C(=O)N(c3ccc(N4CCCCC4)cc3)C2c2ccccn2)cc1Cl. The average Bonchev–Trinajstić information content (AvgIpc) is 3.19. The first-order valence-electron chi connectivity index (χ1n) is 12.0. The van der Waals surface area contributed by atoms with Crippen molar-refractivity contribution in [2.75, 3.05) is 30.0 Å². The molecule has 0 radical (unpaired) electrons. The Morgan fingerprint density at radius 1 is 0.973 bits per heavy atom. The normalized spacial score (nSPS) is 19.4. The molecule has 1 N–H and O–H groups in total. The molecule has 2 aromatic carbocycles. The summed E-state index contributed by atoms with van der Waals surface area (Å²) in [6, 6.07) is 14.7. The summed E-state index contributed by atoms with van der Waals surface area (Å²) in [5, 5.41) is 11.6. The number of ether oxygens (including phenoxy) is 1. The van der Waals surface area contributed by atoms with E-state index in [1.54, 1.807) is 24.4 Å². The molecule has 0 bridgehead atoms. The smallest absolute Gasteiger partial charge is 0.300 e. The van der Waals surface area contributed by atoms with Crippen molar-refractivity contribution in [1.82, 2.24) is 4.98 Å². The van der Waals surface area contributed by atoms with Gasteiger partial charge in [0.1, 0.15) is 11.8 Å². The highest BCUT2D eigenvalue weighted by atomic mass is 35.5. The molecule has 37 heavy (non-hydrogen) atoms. The molecule has 5 rings (SSSR count).